The van der Waals surface area contributed by atoms with Gasteiger partial charge in [0.1, 0.15) is 5.00 Å². The molecule has 5 nitrogen and oxygen atoms in total. The third-order valence-corrected chi connectivity index (χ3v) is 6.90. The second kappa shape index (κ2) is 8.16. The first-order valence-electron chi connectivity index (χ1n) is 10.4. The zero-order chi connectivity index (χ0) is 22.3. The van der Waals surface area contributed by atoms with Crippen LogP contribution in [0.3, 0.4) is 0 Å². The Bertz CT molecular complexity index is 989. The van der Waals surface area contributed by atoms with Gasteiger partial charge in [-0.1, -0.05) is 23.8 Å². The molecular weight excluding hydrogens is 396 g/mol. The topological polar surface area (TPSA) is 67.4 Å². The van der Waals surface area contributed by atoms with Gasteiger partial charge in [0.25, 0.3) is 0 Å². The second-order valence-corrected chi connectivity index (χ2v) is 10.3. The van der Waals surface area contributed by atoms with Gasteiger partial charge in [-0.2, -0.15) is 0 Å². The minimum atomic E-state index is -0.370. The molecule has 30 heavy (non-hydrogen) atoms. The first-order valence-corrected chi connectivity index (χ1v) is 11.2. The number of fused-ring (bicyclic) bond motifs is 1. The number of aryl methyl sites for hydroxylation is 2. The maximum atomic E-state index is 12.9. The Morgan fingerprint density at radius 1 is 1.20 bits per heavy atom. The lowest BCUT2D eigenvalue weighted by Gasteiger charge is -2.42. The molecular formula is C24H32N2O3S. The highest BCUT2D eigenvalue weighted by molar-refractivity contribution is 7.17. The van der Waals surface area contributed by atoms with E-state index in [1.807, 2.05) is 26.0 Å². The molecule has 0 bridgehead atoms. The number of amides is 1. The first kappa shape index (κ1) is 22.5. The molecule has 0 fully saturated rings. The van der Waals surface area contributed by atoms with Crippen LogP contribution in [0.5, 0.6) is 0 Å². The van der Waals surface area contributed by atoms with Gasteiger partial charge in [0, 0.05) is 16.0 Å². The lowest BCUT2D eigenvalue weighted by molar-refractivity contribution is -0.115. The number of carbonyl (C=O) groups excluding carboxylic acids is 2. The van der Waals surface area contributed by atoms with Gasteiger partial charge in [-0.05, 0) is 71.6 Å². The van der Waals surface area contributed by atoms with Crippen LogP contribution in [0.25, 0.3) is 0 Å². The summed E-state index contributed by atoms with van der Waals surface area (Å²) >= 11 is 1.47. The summed E-state index contributed by atoms with van der Waals surface area (Å²) in [6.45, 7) is 14.6. The van der Waals surface area contributed by atoms with Crippen LogP contribution in [-0.2, 0) is 27.9 Å². The fourth-order valence-electron chi connectivity index (χ4n) is 4.42. The molecule has 2 heterocycles. The summed E-state index contributed by atoms with van der Waals surface area (Å²) in [5.74, 6) is -0.499. The predicted octanol–water partition coefficient (Wildman–Crippen LogP) is 4.88. The third kappa shape index (κ3) is 4.60. The quantitative estimate of drug-likeness (QED) is 0.666. The van der Waals surface area contributed by atoms with Crippen LogP contribution >= 0.6 is 11.3 Å². The summed E-state index contributed by atoms with van der Waals surface area (Å²) in [4.78, 5) is 26.8. The Morgan fingerprint density at radius 3 is 2.53 bits per heavy atom. The number of thiophene rings is 1. The molecule has 1 aromatic carbocycles. The molecule has 2 aromatic rings. The molecule has 0 atom stereocenters. The minimum absolute atomic E-state index is 0.129. The molecule has 162 valence electrons. The number of rotatable bonds is 5. The van der Waals surface area contributed by atoms with Crippen molar-refractivity contribution in [3.63, 3.8) is 0 Å². The number of benzene rings is 1. The van der Waals surface area contributed by atoms with Crippen molar-refractivity contribution < 1.29 is 14.3 Å². The van der Waals surface area contributed by atoms with Gasteiger partial charge in [-0.25, -0.2) is 4.79 Å². The van der Waals surface area contributed by atoms with E-state index in [0.29, 0.717) is 23.6 Å². The van der Waals surface area contributed by atoms with E-state index >= 15 is 0 Å². The highest BCUT2D eigenvalue weighted by atomic mass is 32.1. The van der Waals surface area contributed by atoms with Crippen LogP contribution in [-0.4, -0.2) is 24.0 Å². The molecule has 6 heteroatoms. The summed E-state index contributed by atoms with van der Waals surface area (Å²) in [7, 11) is 0. The van der Waals surface area contributed by atoms with Gasteiger partial charge in [-0.15, -0.1) is 11.3 Å². The van der Waals surface area contributed by atoms with Crippen LogP contribution in [0.4, 0.5) is 5.00 Å². The van der Waals surface area contributed by atoms with Gasteiger partial charge >= 0.3 is 5.97 Å². The van der Waals surface area contributed by atoms with E-state index in [0.717, 1.165) is 21.6 Å². The summed E-state index contributed by atoms with van der Waals surface area (Å²) in [6, 6.07) is 6.08. The molecule has 1 aromatic heterocycles. The second-order valence-electron chi connectivity index (χ2n) is 9.30. The number of esters is 1. The highest BCUT2D eigenvalue weighted by Crippen LogP contribution is 2.45. The summed E-state index contributed by atoms with van der Waals surface area (Å²) in [6.07, 6.45) is 0.966. The Labute approximate surface area is 183 Å². The van der Waals surface area contributed by atoms with E-state index < -0.39 is 0 Å². The fraction of sp³-hybridized carbons (Fsp3) is 0.500. The molecule has 0 spiro atoms. The molecule has 3 rings (SSSR count). The van der Waals surface area contributed by atoms with Crippen molar-refractivity contribution in [2.24, 2.45) is 0 Å². The minimum Gasteiger partial charge on any atom is -0.462 e. The third-order valence-electron chi connectivity index (χ3n) is 5.43. The molecule has 1 aliphatic heterocycles. The molecule has 2 N–H and O–H groups in total. The van der Waals surface area contributed by atoms with E-state index in [4.69, 9.17) is 4.74 Å². The molecule has 1 amide bonds. The Hall–Kier alpha value is -2.18. The summed E-state index contributed by atoms with van der Waals surface area (Å²) in [5, 5.41) is 7.25. The monoisotopic (exact) mass is 428 g/mol. The lowest BCUT2D eigenvalue weighted by Crippen LogP contribution is -2.55. The van der Waals surface area contributed by atoms with Crippen molar-refractivity contribution in [1.82, 2.24) is 5.32 Å². The van der Waals surface area contributed by atoms with Gasteiger partial charge < -0.3 is 15.4 Å². The molecule has 0 saturated heterocycles. The first-order chi connectivity index (χ1) is 13.9. The lowest BCUT2D eigenvalue weighted by atomic mass is 9.81. The van der Waals surface area contributed by atoms with E-state index in [9.17, 15) is 9.59 Å². The SMILES string of the molecule is CCOC(=O)c1c(NC(=O)Cc2ccc(C)cc2C)sc2c1CC(C)(C)NC2(C)C. The zero-order valence-corrected chi connectivity index (χ0v) is 19.8. The largest absolute Gasteiger partial charge is 0.462 e. The van der Waals surface area contributed by atoms with Gasteiger partial charge in [0.15, 0.2) is 0 Å². The normalized spacial score (nSPS) is 16.6. The number of anilines is 1. The van der Waals surface area contributed by atoms with Crippen molar-refractivity contribution in [2.75, 3.05) is 11.9 Å². The number of nitrogens with one attached hydrogen (secondary N) is 2. The van der Waals surface area contributed by atoms with Crippen molar-refractivity contribution in [3.8, 4) is 0 Å². The Morgan fingerprint density at radius 2 is 1.90 bits per heavy atom. The molecule has 0 saturated carbocycles. The van der Waals surface area contributed by atoms with E-state index in [1.165, 1.54) is 16.9 Å². The van der Waals surface area contributed by atoms with Gasteiger partial charge in [0.05, 0.1) is 18.6 Å². The summed E-state index contributed by atoms with van der Waals surface area (Å²) < 4.78 is 5.36. The van der Waals surface area contributed by atoms with E-state index in [2.05, 4.69) is 44.4 Å². The van der Waals surface area contributed by atoms with Crippen molar-refractivity contribution in [3.05, 3.63) is 50.9 Å². The predicted molar refractivity (Wildman–Crippen MR) is 122 cm³/mol. The molecule has 0 unspecified atom stereocenters. The van der Waals surface area contributed by atoms with Crippen LogP contribution in [0.1, 0.15) is 72.1 Å². The Balaban J connectivity index is 1.97. The molecule has 1 aliphatic rings. The fourth-order valence-corrected chi connectivity index (χ4v) is 5.70. The Kier molecular flexibility index (Phi) is 6.12. The van der Waals surface area contributed by atoms with E-state index in [-0.39, 0.29) is 29.4 Å². The van der Waals surface area contributed by atoms with Crippen LogP contribution < -0.4 is 10.6 Å². The number of carbonyl (C=O) groups is 2. The number of hydrogen-bond donors (Lipinski definition) is 2. The standard InChI is InChI=1S/C24H32N2O3S/c1-8-29-22(28)19-17-13-23(4,5)26-24(6,7)20(17)30-21(19)25-18(27)12-16-10-9-14(2)11-15(16)3/h9-11,26H,8,12-13H2,1-7H3,(H,25,27). The maximum Gasteiger partial charge on any atom is 0.341 e. The highest BCUT2D eigenvalue weighted by Gasteiger charge is 2.42. The van der Waals surface area contributed by atoms with Crippen LogP contribution in [0.15, 0.2) is 18.2 Å². The van der Waals surface area contributed by atoms with Gasteiger partial charge in [0.2, 0.25) is 5.91 Å². The van der Waals surface area contributed by atoms with Crippen LogP contribution in [0.2, 0.25) is 0 Å². The van der Waals surface area contributed by atoms with Crippen molar-refractivity contribution in [2.45, 2.75) is 72.4 Å². The van der Waals surface area contributed by atoms with E-state index in [1.54, 1.807) is 6.92 Å². The average molecular weight is 429 g/mol. The van der Waals surface area contributed by atoms with Crippen molar-refractivity contribution >= 4 is 28.2 Å². The smallest absolute Gasteiger partial charge is 0.341 e. The maximum absolute atomic E-state index is 12.9. The number of hydrogen-bond acceptors (Lipinski definition) is 5. The molecule has 0 radical (unpaired) electrons. The number of ether oxygens (including phenoxy) is 1. The zero-order valence-electron chi connectivity index (χ0n) is 19.0. The average Bonchev–Trinajstić information content (AvgIpc) is 2.94. The molecule has 0 aliphatic carbocycles. The van der Waals surface area contributed by atoms with Crippen LogP contribution in [0, 0.1) is 13.8 Å². The summed E-state index contributed by atoms with van der Waals surface area (Å²) in [5.41, 5.74) is 4.26. The van der Waals surface area contributed by atoms with Crippen molar-refractivity contribution in [1.29, 1.82) is 0 Å². The van der Waals surface area contributed by atoms with Gasteiger partial charge in [-0.3, -0.25) is 4.79 Å².